The van der Waals surface area contributed by atoms with Gasteiger partial charge >= 0.3 is 12.4 Å². The number of amides is 2. The Morgan fingerprint density at radius 1 is 1.04 bits per heavy atom. The maximum absolute atomic E-state index is 13.3. The van der Waals surface area contributed by atoms with Gasteiger partial charge in [0.25, 0.3) is 5.91 Å². The Bertz CT molecular complexity index is 1630. The van der Waals surface area contributed by atoms with Gasteiger partial charge in [0.15, 0.2) is 5.65 Å². The molecule has 0 radical (unpaired) electrons. The molecule has 1 aromatic carbocycles. The molecule has 2 aromatic heterocycles. The van der Waals surface area contributed by atoms with Crippen molar-refractivity contribution in [3.63, 3.8) is 0 Å². The standard InChI is InChI=1S/C31H35F7N6O3/c1-3-44-23-15-21(25(45)40-20-8-6-19(7-9-20)30(33,34)35)26(47-13-12-32)42-24(23)43-28(44)41-22-14-18(5-4-17(22)2)16-39-27(46)29(10-11-29)31(36,37)38/h4-5,14-15,19-20H,3,6-13,16H2,1-2H3,(H,39,46)(H,40,45)(H,41,42,43). The van der Waals surface area contributed by atoms with E-state index in [1.54, 1.807) is 29.7 Å². The average molecular weight is 673 g/mol. The van der Waals surface area contributed by atoms with E-state index in [0.717, 1.165) is 5.56 Å². The molecule has 3 aromatic rings. The van der Waals surface area contributed by atoms with Crippen LogP contribution in [-0.2, 0) is 17.9 Å². The van der Waals surface area contributed by atoms with Crippen LogP contribution in [0.2, 0.25) is 0 Å². The van der Waals surface area contributed by atoms with Crippen LogP contribution in [-0.4, -0.2) is 58.0 Å². The summed E-state index contributed by atoms with van der Waals surface area (Å²) in [5, 5.41) is 8.36. The second-order valence-electron chi connectivity index (χ2n) is 12.0. The zero-order chi connectivity index (χ0) is 34.1. The molecule has 2 fully saturated rings. The van der Waals surface area contributed by atoms with Crippen molar-refractivity contribution in [3.8, 4) is 5.88 Å². The third kappa shape index (κ3) is 7.25. The molecule has 3 N–H and O–H groups in total. The van der Waals surface area contributed by atoms with Crippen molar-refractivity contribution in [2.45, 2.75) is 83.9 Å². The number of pyridine rings is 1. The van der Waals surface area contributed by atoms with Crippen molar-refractivity contribution < 1.29 is 45.1 Å². The molecule has 47 heavy (non-hydrogen) atoms. The fraction of sp³-hybridized carbons (Fsp3) is 0.548. The van der Waals surface area contributed by atoms with Crippen molar-refractivity contribution in [3.05, 3.63) is 41.0 Å². The minimum Gasteiger partial charge on any atom is -0.474 e. The van der Waals surface area contributed by atoms with E-state index in [9.17, 15) is 40.3 Å². The number of aryl methyl sites for hydroxylation is 2. The van der Waals surface area contributed by atoms with Crippen LogP contribution in [0, 0.1) is 18.3 Å². The van der Waals surface area contributed by atoms with Crippen molar-refractivity contribution in [2.75, 3.05) is 18.6 Å². The van der Waals surface area contributed by atoms with Gasteiger partial charge in [-0.05, 0) is 75.6 Å². The largest absolute Gasteiger partial charge is 0.474 e. The summed E-state index contributed by atoms with van der Waals surface area (Å²) in [4.78, 5) is 34.6. The number of rotatable bonds is 11. The molecule has 2 saturated carbocycles. The molecule has 0 atom stereocenters. The number of ether oxygens (including phenoxy) is 1. The van der Waals surface area contributed by atoms with E-state index < -0.39 is 48.2 Å². The van der Waals surface area contributed by atoms with Crippen LogP contribution < -0.4 is 20.7 Å². The summed E-state index contributed by atoms with van der Waals surface area (Å²) in [6.45, 7) is 2.63. The number of nitrogens with zero attached hydrogens (tertiary/aromatic N) is 3. The van der Waals surface area contributed by atoms with Gasteiger partial charge in [0.05, 0.1) is 11.4 Å². The summed E-state index contributed by atoms with van der Waals surface area (Å²) >= 11 is 0. The lowest BCUT2D eigenvalue weighted by atomic mass is 9.85. The number of alkyl halides is 7. The van der Waals surface area contributed by atoms with E-state index in [1.807, 2.05) is 6.92 Å². The molecule has 2 heterocycles. The number of halogens is 7. The fourth-order valence-corrected chi connectivity index (χ4v) is 5.83. The lowest BCUT2D eigenvalue weighted by Gasteiger charge is -2.30. The summed E-state index contributed by atoms with van der Waals surface area (Å²) in [7, 11) is 0. The molecule has 256 valence electrons. The summed E-state index contributed by atoms with van der Waals surface area (Å²) in [5.74, 6) is -2.95. The molecule has 0 aliphatic heterocycles. The molecule has 0 unspecified atom stereocenters. The topological polar surface area (TPSA) is 110 Å². The highest BCUT2D eigenvalue weighted by molar-refractivity contribution is 5.99. The number of fused-ring (bicyclic) bond motifs is 1. The molecule has 0 spiro atoms. The Labute approximate surface area is 265 Å². The van der Waals surface area contributed by atoms with Gasteiger partial charge in [-0.3, -0.25) is 9.59 Å². The molecular weight excluding hydrogens is 637 g/mol. The fourth-order valence-electron chi connectivity index (χ4n) is 5.83. The first-order valence-electron chi connectivity index (χ1n) is 15.4. The van der Waals surface area contributed by atoms with Gasteiger partial charge in [0, 0.05) is 24.8 Å². The highest BCUT2D eigenvalue weighted by atomic mass is 19.4. The normalized spacial score (nSPS) is 19.3. The van der Waals surface area contributed by atoms with E-state index in [4.69, 9.17) is 4.74 Å². The van der Waals surface area contributed by atoms with E-state index in [-0.39, 0.29) is 68.8 Å². The second-order valence-corrected chi connectivity index (χ2v) is 12.0. The van der Waals surface area contributed by atoms with Crippen LogP contribution in [0.5, 0.6) is 5.88 Å². The Balaban J connectivity index is 1.36. The van der Waals surface area contributed by atoms with Gasteiger partial charge in [0.2, 0.25) is 17.7 Å². The second kappa shape index (κ2) is 13.2. The molecule has 0 bridgehead atoms. The zero-order valence-electron chi connectivity index (χ0n) is 25.7. The Kier molecular flexibility index (Phi) is 9.60. The van der Waals surface area contributed by atoms with Crippen LogP contribution in [0.3, 0.4) is 0 Å². The summed E-state index contributed by atoms with van der Waals surface area (Å²) in [6, 6.07) is 6.11. The lowest BCUT2D eigenvalue weighted by molar-refractivity contribution is -0.192. The Morgan fingerprint density at radius 3 is 2.34 bits per heavy atom. The van der Waals surface area contributed by atoms with Gasteiger partial charge in [-0.2, -0.15) is 36.3 Å². The smallest absolute Gasteiger partial charge is 0.403 e. The first-order valence-corrected chi connectivity index (χ1v) is 15.4. The average Bonchev–Trinajstić information content (AvgIpc) is 3.77. The van der Waals surface area contributed by atoms with Crippen LogP contribution in [0.1, 0.15) is 66.9 Å². The third-order valence-corrected chi connectivity index (χ3v) is 8.84. The van der Waals surface area contributed by atoms with Gasteiger partial charge in [-0.25, -0.2) is 4.39 Å². The number of hydrogen-bond donors (Lipinski definition) is 3. The zero-order valence-corrected chi connectivity index (χ0v) is 25.7. The predicted molar refractivity (Wildman–Crippen MR) is 158 cm³/mol. The predicted octanol–water partition coefficient (Wildman–Crippen LogP) is 6.66. The van der Waals surface area contributed by atoms with Crippen LogP contribution in [0.15, 0.2) is 24.3 Å². The van der Waals surface area contributed by atoms with Crippen molar-refractivity contribution >= 4 is 34.6 Å². The van der Waals surface area contributed by atoms with E-state index in [1.165, 1.54) is 6.07 Å². The van der Waals surface area contributed by atoms with E-state index >= 15 is 0 Å². The number of carbonyl (C=O) groups excluding carboxylic acids is 2. The third-order valence-electron chi connectivity index (χ3n) is 8.84. The number of benzene rings is 1. The Morgan fingerprint density at radius 2 is 1.74 bits per heavy atom. The minimum absolute atomic E-state index is 0.0220. The molecular formula is C31H35F7N6O3. The van der Waals surface area contributed by atoms with Gasteiger partial charge < -0.3 is 25.3 Å². The number of carbonyl (C=O) groups is 2. The van der Waals surface area contributed by atoms with E-state index in [2.05, 4.69) is 25.9 Å². The maximum atomic E-state index is 13.3. The van der Waals surface area contributed by atoms with Gasteiger partial charge in [-0.15, -0.1) is 0 Å². The quantitative estimate of drug-likeness (QED) is 0.197. The number of aromatic nitrogens is 3. The summed E-state index contributed by atoms with van der Waals surface area (Å²) < 4.78 is 99.5. The van der Waals surface area contributed by atoms with E-state index in [0.29, 0.717) is 29.3 Å². The molecule has 2 amide bonds. The molecule has 5 rings (SSSR count). The van der Waals surface area contributed by atoms with Crippen molar-refractivity contribution in [1.82, 2.24) is 25.2 Å². The number of nitrogens with one attached hydrogen (secondary N) is 3. The first-order chi connectivity index (χ1) is 22.2. The first kappa shape index (κ1) is 34.2. The monoisotopic (exact) mass is 672 g/mol. The summed E-state index contributed by atoms with van der Waals surface area (Å²) in [5.41, 5.74) is 0.124. The number of imidazole rings is 1. The molecule has 9 nitrogen and oxygen atoms in total. The molecule has 2 aliphatic rings. The van der Waals surface area contributed by atoms with Crippen LogP contribution in [0.4, 0.5) is 42.4 Å². The minimum atomic E-state index is -4.61. The van der Waals surface area contributed by atoms with Gasteiger partial charge in [-0.1, -0.05) is 12.1 Å². The summed E-state index contributed by atoms with van der Waals surface area (Å²) in [6.07, 6.45) is -9.28. The van der Waals surface area contributed by atoms with Crippen LogP contribution in [0.25, 0.3) is 11.2 Å². The highest BCUT2D eigenvalue weighted by Gasteiger charge is 2.68. The number of anilines is 2. The molecule has 16 heteroatoms. The Hall–Kier alpha value is -4.11. The highest BCUT2D eigenvalue weighted by Crippen LogP contribution is 2.57. The maximum Gasteiger partial charge on any atom is 0.403 e. The van der Waals surface area contributed by atoms with Crippen molar-refractivity contribution in [2.24, 2.45) is 11.3 Å². The number of hydrogen-bond acceptors (Lipinski definition) is 6. The van der Waals surface area contributed by atoms with Crippen LogP contribution >= 0.6 is 0 Å². The lowest BCUT2D eigenvalue weighted by Crippen LogP contribution is -2.40. The molecule has 2 aliphatic carbocycles. The van der Waals surface area contributed by atoms with Gasteiger partial charge in [0.1, 0.15) is 24.3 Å². The SMILES string of the molecule is CCn1c(Nc2cc(CNC(=O)C3(C(F)(F)F)CC3)ccc2C)nc2nc(OCCF)c(C(=O)NC3CCC(C(F)(F)F)CC3)cc21. The van der Waals surface area contributed by atoms with Crippen molar-refractivity contribution in [1.29, 1.82) is 0 Å². The molecule has 0 saturated heterocycles.